The molecule has 184 valence electrons. The number of carboxylic acid groups (broad SMARTS) is 2. The van der Waals surface area contributed by atoms with Crippen molar-refractivity contribution in [3.63, 3.8) is 0 Å². The standard InChI is InChI=1S/2C9H10O2.2C4H10.CH4.H2O/c2*10-9(11)7-6-8-4-2-1-3-5-8;2*1-4(2)3;;/h2*1-5H,6-7H2,(H,10,11);2*4H,1-3H3;1H4;1H2. The molecule has 0 spiro atoms. The van der Waals surface area contributed by atoms with Crippen molar-refractivity contribution in [2.24, 2.45) is 11.8 Å². The van der Waals surface area contributed by atoms with Crippen LogP contribution in [-0.4, -0.2) is 27.6 Å². The van der Waals surface area contributed by atoms with E-state index in [-0.39, 0.29) is 25.7 Å². The van der Waals surface area contributed by atoms with Crippen molar-refractivity contribution in [1.82, 2.24) is 0 Å². The van der Waals surface area contributed by atoms with Crippen LogP contribution in [0, 0.1) is 11.8 Å². The highest BCUT2D eigenvalue weighted by atomic mass is 16.4. The third-order valence-corrected chi connectivity index (χ3v) is 2.94. The van der Waals surface area contributed by atoms with Gasteiger partial charge in [-0.2, -0.15) is 0 Å². The summed E-state index contributed by atoms with van der Waals surface area (Å²) in [6.45, 7) is 13.0. The maximum Gasteiger partial charge on any atom is 0.303 e. The molecule has 0 radical (unpaired) electrons. The van der Waals surface area contributed by atoms with Crippen LogP contribution in [0.25, 0.3) is 0 Å². The second kappa shape index (κ2) is 24.6. The molecule has 0 fully saturated rings. The maximum atomic E-state index is 10.2. The van der Waals surface area contributed by atoms with Crippen LogP contribution in [0.4, 0.5) is 0 Å². The van der Waals surface area contributed by atoms with Crippen LogP contribution < -0.4 is 0 Å². The van der Waals surface area contributed by atoms with E-state index in [1.165, 1.54) is 0 Å². The van der Waals surface area contributed by atoms with Crippen LogP contribution in [-0.2, 0) is 22.4 Å². The second-order valence-electron chi connectivity index (χ2n) is 8.22. The minimum Gasteiger partial charge on any atom is -0.481 e. The SMILES string of the molecule is C.CC(C)C.CC(C)C.O.O=C(O)CCc1ccccc1.O=C(O)CCc1ccccc1. The third kappa shape index (κ3) is 34.8. The second-order valence-corrected chi connectivity index (χ2v) is 8.22. The van der Waals surface area contributed by atoms with Gasteiger partial charge in [-0.1, -0.05) is 110 Å². The summed E-state index contributed by atoms with van der Waals surface area (Å²) in [5.41, 5.74) is 2.16. The molecule has 5 heteroatoms. The molecule has 0 amide bonds. The van der Waals surface area contributed by atoms with E-state index in [9.17, 15) is 9.59 Å². The summed E-state index contributed by atoms with van der Waals surface area (Å²) in [5.74, 6) is 0.183. The fourth-order valence-corrected chi connectivity index (χ4v) is 1.79. The van der Waals surface area contributed by atoms with Gasteiger partial charge >= 0.3 is 11.9 Å². The Bertz CT molecular complexity index is 587. The fraction of sp³-hybridized carbons (Fsp3) is 0.481. The molecule has 32 heavy (non-hydrogen) atoms. The molecule has 2 aromatic rings. The summed E-state index contributed by atoms with van der Waals surface area (Å²) in [6, 6.07) is 19.2. The van der Waals surface area contributed by atoms with Gasteiger partial charge in [0, 0.05) is 12.8 Å². The van der Waals surface area contributed by atoms with Gasteiger partial charge in [0.15, 0.2) is 0 Å². The lowest BCUT2D eigenvalue weighted by molar-refractivity contribution is -0.138. The van der Waals surface area contributed by atoms with Crippen molar-refractivity contribution in [3.8, 4) is 0 Å². The lowest BCUT2D eigenvalue weighted by Crippen LogP contribution is -1.96. The molecule has 0 aliphatic rings. The average molecular weight is 451 g/mol. The quantitative estimate of drug-likeness (QED) is 0.521. The van der Waals surface area contributed by atoms with Gasteiger partial charge in [0.05, 0.1) is 0 Å². The Hall–Kier alpha value is -2.66. The predicted molar refractivity (Wildman–Crippen MR) is 136 cm³/mol. The van der Waals surface area contributed by atoms with Crippen LogP contribution in [0.2, 0.25) is 0 Å². The van der Waals surface area contributed by atoms with Gasteiger partial charge in [-0.25, -0.2) is 0 Å². The number of benzene rings is 2. The summed E-state index contributed by atoms with van der Waals surface area (Å²) in [4.78, 5) is 20.3. The van der Waals surface area contributed by atoms with Crippen molar-refractivity contribution in [1.29, 1.82) is 0 Å². The number of carbonyl (C=O) groups is 2. The van der Waals surface area contributed by atoms with Crippen LogP contribution in [0.5, 0.6) is 0 Å². The van der Waals surface area contributed by atoms with Gasteiger partial charge in [0.25, 0.3) is 0 Å². The van der Waals surface area contributed by atoms with Gasteiger partial charge in [0.1, 0.15) is 0 Å². The first-order valence-corrected chi connectivity index (χ1v) is 10.6. The number of hydrogen-bond donors (Lipinski definition) is 2. The van der Waals surface area contributed by atoms with Crippen molar-refractivity contribution < 1.29 is 25.3 Å². The zero-order valence-corrected chi connectivity index (χ0v) is 20.0. The highest BCUT2D eigenvalue weighted by Gasteiger charge is 1.97. The van der Waals surface area contributed by atoms with Crippen LogP contribution in [0.3, 0.4) is 0 Å². The summed E-state index contributed by atoms with van der Waals surface area (Å²) in [6.07, 6.45) is 1.67. The molecule has 2 aromatic carbocycles. The molecule has 0 saturated carbocycles. The molecular formula is C27H46O5. The smallest absolute Gasteiger partial charge is 0.303 e. The molecule has 2 rings (SSSR count). The molecule has 0 aromatic heterocycles. The monoisotopic (exact) mass is 450 g/mol. The van der Waals surface area contributed by atoms with Crippen molar-refractivity contribution in [2.45, 2.75) is 74.7 Å². The van der Waals surface area contributed by atoms with Crippen LogP contribution in [0.15, 0.2) is 60.7 Å². The zero-order valence-electron chi connectivity index (χ0n) is 20.0. The summed E-state index contributed by atoms with van der Waals surface area (Å²) in [5, 5.41) is 16.7. The highest BCUT2D eigenvalue weighted by Crippen LogP contribution is 2.02. The molecule has 0 aliphatic carbocycles. The van der Waals surface area contributed by atoms with Gasteiger partial charge in [0.2, 0.25) is 0 Å². The number of hydrogen-bond acceptors (Lipinski definition) is 2. The molecule has 0 bridgehead atoms. The number of carboxylic acids is 2. The van der Waals surface area contributed by atoms with E-state index in [2.05, 4.69) is 41.5 Å². The summed E-state index contributed by atoms with van der Waals surface area (Å²) >= 11 is 0. The molecular weight excluding hydrogens is 404 g/mol. The Morgan fingerprint density at radius 2 is 0.844 bits per heavy atom. The minimum atomic E-state index is -0.742. The Morgan fingerprint density at radius 3 is 1.03 bits per heavy atom. The van der Waals surface area contributed by atoms with Crippen LogP contribution in [0.1, 0.15) is 72.9 Å². The highest BCUT2D eigenvalue weighted by molar-refractivity contribution is 5.67. The van der Waals surface area contributed by atoms with Gasteiger partial charge in [-0.05, 0) is 35.8 Å². The normalized spacial score (nSPS) is 8.75. The number of rotatable bonds is 6. The van der Waals surface area contributed by atoms with E-state index in [1.54, 1.807) is 0 Å². The van der Waals surface area contributed by atoms with E-state index >= 15 is 0 Å². The number of aryl methyl sites for hydroxylation is 2. The Balaban J connectivity index is -0.000000177. The van der Waals surface area contributed by atoms with E-state index < -0.39 is 11.9 Å². The Labute approximate surface area is 195 Å². The molecule has 0 aliphatic heterocycles. The topological polar surface area (TPSA) is 106 Å². The molecule has 0 heterocycles. The third-order valence-electron chi connectivity index (χ3n) is 2.94. The molecule has 0 unspecified atom stereocenters. The van der Waals surface area contributed by atoms with Crippen LogP contribution >= 0.6 is 0 Å². The van der Waals surface area contributed by atoms with Gasteiger partial charge in [-0.3, -0.25) is 9.59 Å². The van der Waals surface area contributed by atoms with Crippen molar-refractivity contribution in [3.05, 3.63) is 71.8 Å². The minimum absolute atomic E-state index is 0. The van der Waals surface area contributed by atoms with Gasteiger partial charge < -0.3 is 15.7 Å². The molecule has 0 atom stereocenters. The van der Waals surface area contributed by atoms with E-state index in [1.807, 2.05) is 60.7 Å². The fourth-order valence-electron chi connectivity index (χ4n) is 1.79. The predicted octanol–water partition coefficient (Wildman–Crippen LogP) is 6.54. The lowest BCUT2D eigenvalue weighted by atomic mass is 10.1. The average Bonchev–Trinajstić information content (AvgIpc) is 2.66. The van der Waals surface area contributed by atoms with E-state index in [0.717, 1.165) is 23.0 Å². The first-order valence-electron chi connectivity index (χ1n) is 10.6. The van der Waals surface area contributed by atoms with E-state index in [0.29, 0.717) is 12.8 Å². The lowest BCUT2D eigenvalue weighted by Gasteiger charge is -1.95. The number of aliphatic carboxylic acids is 2. The first-order chi connectivity index (χ1) is 14.0. The first kappa shape index (κ1) is 36.7. The van der Waals surface area contributed by atoms with E-state index in [4.69, 9.17) is 10.2 Å². The molecule has 0 saturated heterocycles. The van der Waals surface area contributed by atoms with Gasteiger partial charge in [-0.15, -0.1) is 0 Å². The maximum absolute atomic E-state index is 10.2. The molecule has 5 nitrogen and oxygen atoms in total. The Morgan fingerprint density at radius 1 is 0.625 bits per heavy atom. The van der Waals surface area contributed by atoms with Crippen molar-refractivity contribution >= 4 is 11.9 Å². The Kier molecular flexibility index (Phi) is 28.2. The summed E-state index contributed by atoms with van der Waals surface area (Å²) in [7, 11) is 0. The van der Waals surface area contributed by atoms with Crippen molar-refractivity contribution in [2.75, 3.05) is 0 Å². The summed E-state index contributed by atoms with van der Waals surface area (Å²) < 4.78 is 0. The molecule has 4 N–H and O–H groups in total. The largest absolute Gasteiger partial charge is 0.481 e. The zero-order chi connectivity index (χ0) is 23.4.